The molecule has 0 radical (unpaired) electrons. The van der Waals surface area contributed by atoms with E-state index in [1.807, 2.05) is 7.05 Å². The number of nitrogens with zero attached hydrogens (tertiary/aromatic N) is 1. The van der Waals surface area contributed by atoms with Crippen LogP contribution in [-0.2, 0) is 0 Å². The highest BCUT2D eigenvalue weighted by atomic mass is 15.0. The maximum Gasteiger partial charge on any atom is 0.129 e. The first-order valence-corrected chi connectivity index (χ1v) is 5.71. The summed E-state index contributed by atoms with van der Waals surface area (Å²) < 4.78 is 0. The molecular formula is C14H18N2. The molecule has 2 rings (SSSR count). The van der Waals surface area contributed by atoms with Gasteiger partial charge in [-0.05, 0) is 36.6 Å². The lowest BCUT2D eigenvalue weighted by molar-refractivity contribution is 0.864. The zero-order valence-electron chi connectivity index (χ0n) is 10.3. The van der Waals surface area contributed by atoms with Gasteiger partial charge >= 0.3 is 0 Å². The molecule has 0 bridgehead atoms. The maximum atomic E-state index is 4.64. The Bertz CT molecular complexity index is 515. The van der Waals surface area contributed by atoms with Crippen molar-refractivity contribution in [2.24, 2.45) is 0 Å². The van der Waals surface area contributed by atoms with E-state index in [1.54, 1.807) is 0 Å². The first kappa shape index (κ1) is 10.9. The molecule has 2 nitrogen and oxygen atoms in total. The summed E-state index contributed by atoms with van der Waals surface area (Å²) in [4.78, 5) is 4.64. The van der Waals surface area contributed by atoms with E-state index in [-0.39, 0.29) is 0 Å². The van der Waals surface area contributed by atoms with Gasteiger partial charge in [-0.25, -0.2) is 4.98 Å². The van der Waals surface area contributed by atoms with E-state index in [1.165, 1.54) is 16.5 Å². The molecule has 1 heterocycles. The van der Waals surface area contributed by atoms with Gasteiger partial charge in [-0.3, -0.25) is 0 Å². The van der Waals surface area contributed by atoms with Gasteiger partial charge in [-0.2, -0.15) is 0 Å². The first-order chi connectivity index (χ1) is 7.61. The average Bonchev–Trinajstić information content (AvgIpc) is 2.27. The smallest absolute Gasteiger partial charge is 0.129 e. The molecule has 1 N–H and O–H groups in total. The Morgan fingerprint density at radius 3 is 2.56 bits per heavy atom. The lowest BCUT2D eigenvalue weighted by Crippen LogP contribution is -2.00. The number of benzene rings is 1. The second-order valence-electron chi connectivity index (χ2n) is 4.53. The van der Waals surface area contributed by atoms with Gasteiger partial charge in [0.25, 0.3) is 0 Å². The Morgan fingerprint density at radius 2 is 1.94 bits per heavy atom. The van der Waals surface area contributed by atoms with Crippen molar-refractivity contribution in [2.45, 2.75) is 26.7 Å². The van der Waals surface area contributed by atoms with Crippen LogP contribution in [0.3, 0.4) is 0 Å². The Hall–Kier alpha value is -1.57. The quantitative estimate of drug-likeness (QED) is 0.824. The zero-order valence-corrected chi connectivity index (χ0v) is 10.3. The van der Waals surface area contributed by atoms with E-state index in [4.69, 9.17) is 0 Å². The topological polar surface area (TPSA) is 24.9 Å². The van der Waals surface area contributed by atoms with Gasteiger partial charge in [0.05, 0.1) is 5.52 Å². The molecule has 0 atom stereocenters. The van der Waals surface area contributed by atoms with E-state index in [0.717, 1.165) is 11.3 Å². The Labute approximate surface area is 96.7 Å². The molecule has 0 saturated carbocycles. The maximum absolute atomic E-state index is 4.64. The number of aryl methyl sites for hydroxylation is 1. The van der Waals surface area contributed by atoms with Gasteiger partial charge in [0.15, 0.2) is 0 Å². The van der Waals surface area contributed by atoms with E-state index in [2.05, 4.69) is 55.3 Å². The van der Waals surface area contributed by atoms with Crippen LogP contribution < -0.4 is 5.32 Å². The highest BCUT2D eigenvalue weighted by Crippen LogP contribution is 2.26. The van der Waals surface area contributed by atoms with E-state index in [0.29, 0.717) is 5.92 Å². The Balaban J connectivity index is 2.70. The Morgan fingerprint density at radius 1 is 1.19 bits per heavy atom. The highest BCUT2D eigenvalue weighted by Gasteiger charge is 2.08. The molecule has 0 spiro atoms. The van der Waals surface area contributed by atoms with Crippen molar-refractivity contribution in [1.29, 1.82) is 0 Å². The highest BCUT2D eigenvalue weighted by molar-refractivity contribution is 5.82. The lowest BCUT2D eigenvalue weighted by atomic mass is 10.0. The molecule has 1 aromatic carbocycles. The summed E-state index contributed by atoms with van der Waals surface area (Å²) in [6, 6.07) is 8.61. The summed E-state index contributed by atoms with van der Waals surface area (Å²) >= 11 is 0. The summed E-state index contributed by atoms with van der Waals surface area (Å²) in [5, 5.41) is 4.40. The number of anilines is 1. The van der Waals surface area contributed by atoms with Gasteiger partial charge in [-0.1, -0.05) is 25.5 Å². The second-order valence-corrected chi connectivity index (χ2v) is 4.53. The number of nitrogens with one attached hydrogen (secondary N) is 1. The third-order valence-corrected chi connectivity index (χ3v) is 2.86. The predicted octanol–water partition coefficient (Wildman–Crippen LogP) is 3.71. The normalized spacial score (nSPS) is 11.1. The molecule has 2 heteroatoms. The molecule has 1 aromatic heterocycles. The number of hydrogen-bond donors (Lipinski definition) is 1. The van der Waals surface area contributed by atoms with Gasteiger partial charge in [0.2, 0.25) is 0 Å². The summed E-state index contributed by atoms with van der Waals surface area (Å²) in [5.41, 5.74) is 3.61. The van der Waals surface area contributed by atoms with Crippen LogP contribution in [0, 0.1) is 6.92 Å². The molecule has 84 valence electrons. The molecule has 2 aromatic rings. The molecule has 0 unspecified atom stereocenters. The number of fused-ring (bicyclic) bond motifs is 1. The van der Waals surface area contributed by atoms with Crippen molar-refractivity contribution >= 4 is 16.7 Å². The van der Waals surface area contributed by atoms with Gasteiger partial charge in [0, 0.05) is 12.4 Å². The fourth-order valence-electron chi connectivity index (χ4n) is 1.95. The number of pyridine rings is 1. The third-order valence-electron chi connectivity index (χ3n) is 2.86. The Kier molecular flexibility index (Phi) is 2.82. The van der Waals surface area contributed by atoms with Crippen LogP contribution in [0.2, 0.25) is 0 Å². The van der Waals surface area contributed by atoms with Crippen molar-refractivity contribution in [3.05, 3.63) is 35.4 Å². The fraction of sp³-hybridized carbons (Fsp3) is 0.357. The standard InChI is InChI=1S/C14H18N2/c1-9(2)12-8-11-7-10(3)5-6-13(11)16-14(12)15-4/h5-9H,1-4H3,(H,15,16). The third kappa shape index (κ3) is 1.87. The summed E-state index contributed by atoms with van der Waals surface area (Å²) in [6.45, 7) is 6.50. The number of rotatable bonds is 2. The van der Waals surface area contributed by atoms with Crippen LogP contribution in [0.15, 0.2) is 24.3 Å². The number of hydrogen-bond acceptors (Lipinski definition) is 2. The molecule has 0 aliphatic heterocycles. The van der Waals surface area contributed by atoms with Crippen molar-refractivity contribution in [3.63, 3.8) is 0 Å². The second kappa shape index (κ2) is 4.12. The molecular weight excluding hydrogens is 196 g/mol. The van der Waals surface area contributed by atoms with Crippen LogP contribution >= 0.6 is 0 Å². The van der Waals surface area contributed by atoms with Crippen molar-refractivity contribution in [3.8, 4) is 0 Å². The van der Waals surface area contributed by atoms with Crippen LogP contribution in [0.5, 0.6) is 0 Å². The molecule has 0 saturated heterocycles. The first-order valence-electron chi connectivity index (χ1n) is 5.71. The minimum atomic E-state index is 0.486. The lowest BCUT2D eigenvalue weighted by Gasteiger charge is -2.13. The van der Waals surface area contributed by atoms with Crippen molar-refractivity contribution in [1.82, 2.24) is 4.98 Å². The van der Waals surface area contributed by atoms with Crippen molar-refractivity contribution in [2.75, 3.05) is 12.4 Å². The zero-order chi connectivity index (χ0) is 11.7. The summed E-state index contributed by atoms with van der Waals surface area (Å²) in [6.07, 6.45) is 0. The molecule has 16 heavy (non-hydrogen) atoms. The SMILES string of the molecule is CNc1nc2ccc(C)cc2cc1C(C)C. The fourth-order valence-corrected chi connectivity index (χ4v) is 1.95. The molecule has 0 aliphatic carbocycles. The minimum Gasteiger partial charge on any atom is -0.373 e. The van der Waals surface area contributed by atoms with Crippen LogP contribution in [0.4, 0.5) is 5.82 Å². The number of aromatic nitrogens is 1. The largest absolute Gasteiger partial charge is 0.373 e. The van der Waals surface area contributed by atoms with Gasteiger partial charge in [-0.15, -0.1) is 0 Å². The van der Waals surface area contributed by atoms with Crippen molar-refractivity contribution < 1.29 is 0 Å². The molecule has 0 amide bonds. The van der Waals surface area contributed by atoms with Gasteiger partial charge in [0.1, 0.15) is 5.82 Å². The summed E-state index contributed by atoms with van der Waals surface area (Å²) in [5.74, 6) is 1.48. The van der Waals surface area contributed by atoms with E-state index in [9.17, 15) is 0 Å². The van der Waals surface area contributed by atoms with Crippen LogP contribution in [-0.4, -0.2) is 12.0 Å². The predicted molar refractivity (Wildman–Crippen MR) is 70.1 cm³/mol. The summed E-state index contributed by atoms with van der Waals surface area (Å²) in [7, 11) is 1.92. The average molecular weight is 214 g/mol. The van der Waals surface area contributed by atoms with Gasteiger partial charge < -0.3 is 5.32 Å². The van der Waals surface area contributed by atoms with E-state index >= 15 is 0 Å². The van der Waals surface area contributed by atoms with Crippen LogP contribution in [0.25, 0.3) is 10.9 Å². The monoisotopic (exact) mass is 214 g/mol. The molecule has 0 aliphatic rings. The van der Waals surface area contributed by atoms with E-state index < -0.39 is 0 Å². The van der Waals surface area contributed by atoms with Crippen LogP contribution in [0.1, 0.15) is 30.9 Å². The molecule has 0 fully saturated rings. The minimum absolute atomic E-state index is 0.486.